The summed E-state index contributed by atoms with van der Waals surface area (Å²) >= 11 is 0. The summed E-state index contributed by atoms with van der Waals surface area (Å²) in [6, 6.07) is 6.03. The van der Waals surface area contributed by atoms with E-state index in [-0.39, 0.29) is 5.91 Å². The molecule has 0 saturated carbocycles. The predicted molar refractivity (Wildman–Crippen MR) is 70.5 cm³/mol. The lowest BCUT2D eigenvalue weighted by Crippen LogP contribution is -2.28. The summed E-state index contributed by atoms with van der Waals surface area (Å²) in [5.41, 5.74) is 2.90. The van der Waals surface area contributed by atoms with Gasteiger partial charge in [0, 0.05) is 25.3 Å². The van der Waals surface area contributed by atoms with Crippen LogP contribution in [0.2, 0.25) is 0 Å². The maximum atomic E-state index is 12.4. The molecule has 0 aliphatic carbocycles. The second-order valence-corrected chi connectivity index (χ2v) is 4.58. The van der Waals surface area contributed by atoms with E-state index in [1.807, 2.05) is 36.9 Å². The highest BCUT2D eigenvalue weighted by molar-refractivity contribution is 6.00. The van der Waals surface area contributed by atoms with Crippen LogP contribution in [0.15, 0.2) is 18.2 Å². The van der Waals surface area contributed by atoms with E-state index >= 15 is 0 Å². The van der Waals surface area contributed by atoms with Crippen molar-refractivity contribution in [2.45, 2.75) is 26.7 Å². The molecule has 1 aromatic rings. The van der Waals surface area contributed by atoms with E-state index in [1.54, 1.807) is 0 Å². The highest BCUT2D eigenvalue weighted by Gasteiger charge is 2.21. The van der Waals surface area contributed by atoms with Gasteiger partial charge in [0.2, 0.25) is 0 Å². The van der Waals surface area contributed by atoms with Gasteiger partial charge in [0.15, 0.2) is 0 Å². The van der Waals surface area contributed by atoms with Crippen LogP contribution in [-0.2, 0) is 0 Å². The SMILES string of the molecule is CCNc1ccc(C)cc1C(=O)N1CCCC1. The van der Waals surface area contributed by atoms with Gasteiger partial charge in [-0.25, -0.2) is 0 Å². The third kappa shape index (κ3) is 2.60. The monoisotopic (exact) mass is 232 g/mol. The van der Waals surface area contributed by atoms with Gasteiger partial charge in [-0.3, -0.25) is 4.79 Å². The zero-order valence-electron chi connectivity index (χ0n) is 10.6. The Bertz CT molecular complexity index is 409. The minimum atomic E-state index is 0.169. The molecule has 2 rings (SSSR count). The Labute approximate surface area is 103 Å². The third-order valence-electron chi connectivity index (χ3n) is 3.17. The predicted octanol–water partition coefficient (Wildman–Crippen LogP) is 2.66. The largest absolute Gasteiger partial charge is 0.385 e. The Hall–Kier alpha value is -1.51. The second-order valence-electron chi connectivity index (χ2n) is 4.58. The fraction of sp³-hybridized carbons (Fsp3) is 0.500. The number of hydrogen-bond acceptors (Lipinski definition) is 2. The van der Waals surface area contributed by atoms with E-state index in [4.69, 9.17) is 0 Å². The van der Waals surface area contributed by atoms with Crippen LogP contribution in [-0.4, -0.2) is 30.4 Å². The topological polar surface area (TPSA) is 32.3 Å². The lowest BCUT2D eigenvalue weighted by molar-refractivity contribution is 0.0793. The molecule has 1 aliphatic rings. The highest BCUT2D eigenvalue weighted by atomic mass is 16.2. The van der Waals surface area contributed by atoms with Crippen LogP contribution in [0, 0.1) is 6.92 Å². The number of carbonyl (C=O) groups is 1. The summed E-state index contributed by atoms with van der Waals surface area (Å²) in [6.07, 6.45) is 2.27. The van der Waals surface area contributed by atoms with Gasteiger partial charge in [-0.15, -0.1) is 0 Å². The lowest BCUT2D eigenvalue weighted by Gasteiger charge is -2.18. The molecule has 1 aliphatic heterocycles. The van der Waals surface area contributed by atoms with Crippen molar-refractivity contribution in [3.8, 4) is 0 Å². The molecule has 1 aromatic carbocycles. The number of aryl methyl sites for hydroxylation is 1. The summed E-state index contributed by atoms with van der Waals surface area (Å²) in [7, 11) is 0. The van der Waals surface area contributed by atoms with Crippen molar-refractivity contribution in [1.29, 1.82) is 0 Å². The molecule has 0 atom stereocenters. The Kier molecular flexibility index (Phi) is 3.67. The van der Waals surface area contributed by atoms with E-state index in [1.165, 1.54) is 0 Å². The number of likely N-dealkylation sites (tertiary alicyclic amines) is 1. The minimum absolute atomic E-state index is 0.169. The molecule has 0 bridgehead atoms. The number of nitrogens with one attached hydrogen (secondary N) is 1. The highest BCUT2D eigenvalue weighted by Crippen LogP contribution is 2.21. The molecule has 1 heterocycles. The van der Waals surface area contributed by atoms with Gasteiger partial charge < -0.3 is 10.2 Å². The summed E-state index contributed by atoms with van der Waals surface area (Å²) in [5, 5.41) is 3.26. The Morgan fingerprint density at radius 1 is 1.35 bits per heavy atom. The van der Waals surface area contributed by atoms with Crippen LogP contribution in [0.4, 0.5) is 5.69 Å². The first-order valence-corrected chi connectivity index (χ1v) is 6.36. The third-order valence-corrected chi connectivity index (χ3v) is 3.17. The van der Waals surface area contributed by atoms with Gasteiger partial charge in [-0.05, 0) is 38.8 Å². The number of rotatable bonds is 3. The molecule has 3 heteroatoms. The summed E-state index contributed by atoms with van der Waals surface area (Å²) < 4.78 is 0. The molecule has 0 radical (unpaired) electrons. The number of amides is 1. The second kappa shape index (κ2) is 5.21. The lowest BCUT2D eigenvalue weighted by atomic mass is 10.1. The quantitative estimate of drug-likeness (QED) is 0.869. The molecule has 0 unspecified atom stereocenters. The number of nitrogens with zero attached hydrogens (tertiary/aromatic N) is 1. The fourth-order valence-electron chi connectivity index (χ4n) is 2.27. The van der Waals surface area contributed by atoms with Gasteiger partial charge in [0.05, 0.1) is 5.56 Å². The molecular formula is C14H20N2O. The number of anilines is 1. The van der Waals surface area contributed by atoms with Crippen molar-refractivity contribution in [3.05, 3.63) is 29.3 Å². The van der Waals surface area contributed by atoms with E-state index < -0.39 is 0 Å². The van der Waals surface area contributed by atoms with Gasteiger partial charge in [-0.2, -0.15) is 0 Å². The van der Waals surface area contributed by atoms with Crippen molar-refractivity contribution in [2.24, 2.45) is 0 Å². The van der Waals surface area contributed by atoms with Crippen molar-refractivity contribution >= 4 is 11.6 Å². The first-order valence-electron chi connectivity index (χ1n) is 6.36. The van der Waals surface area contributed by atoms with Gasteiger partial charge in [0.1, 0.15) is 0 Å². The maximum Gasteiger partial charge on any atom is 0.255 e. The van der Waals surface area contributed by atoms with E-state index in [0.29, 0.717) is 0 Å². The molecular weight excluding hydrogens is 212 g/mol. The maximum absolute atomic E-state index is 12.4. The smallest absolute Gasteiger partial charge is 0.255 e. The molecule has 1 saturated heterocycles. The van der Waals surface area contributed by atoms with Crippen molar-refractivity contribution in [2.75, 3.05) is 25.0 Å². The molecule has 0 spiro atoms. The normalized spacial score (nSPS) is 15.1. The number of hydrogen-bond donors (Lipinski definition) is 1. The van der Waals surface area contributed by atoms with Crippen LogP contribution >= 0.6 is 0 Å². The van der Waals surface area contributed by atoms with Crippen LogP contribution in [0.25, 0.3) is 0 Å². The fourth-order valence-corrected chi connectivity index (χ4v) is 2.27. The summed E-state index contributed by atoms with van der Waals surface area (Å²) in [6.45, 7) is 6.71. The number of carbonyl (C=O) groups excluding carboxylic acids is 1. The summed E-state index contributed by atoms with van der Waals surface area (Å²) in [4.78, 5) is 14.3. The van der Waals surface area contributed by atoms with Crippen LogP contribution in [0.5, 0.6) is 0 Å². The summed E-state index contributed by atoms with van der Waals surface area (Å²) in [5.74, 6) is 0.169. The van der Waals surface area contributed by atoms with Gasteiger partial charge in [0.25, 0.3) is 5.91 Å². The van der Waals surface area contributed by atoms with Gasteiger partial charge in [-0.1, -0.05) is 11.6 Å². The van der Waals surface area contributed by atoms with Crippen LogP contribution < -0.4 is 5.32 Å². The van der Waals surface area contributed by atoms with Crippen molar-refractivity contribution < 1.29 is 4.79 Å². The number of benzene rings is 1. The molecule has 92 valence electrons. The molecule has 1 N–H and O–H groups in total. The average Bonchev–Trinajstić information content (AvgIpc) is 2.84. The van der Waals surface area contributed by atoms with Crippen molar-refractivity contribution in [1.82, 2.24) is 4.90 Å². The average molecular weight is 232 g/mol. The molecule has 0 aromatic heterocycles. The van der Waals surface area contributed by atoms with E-state index in [9.17, 15) is 4.79 Å². The Morgan fingerprint density at radius 3 is 2.71 bits per heavy atom. The Balaban J connectivity index is 2.28. The van der Waals surface area contributed by atoms with E-state index in [0.717, 1.165) is 49.3 Å². The van der Waals surface area contributed by atoms with Crippen LogP contribution in [0.3, 0.4) is 0 Å². The Morgan fingerprint density at radius 2 is 2.06 bits per heavy atom. The van der Waals surface area contributed by atoms with E-state index in [2.05, 4.69) is 5.32 Å². The first kappa shape index (κ1) is 12.0. The van der Waals surface area contributed by atoms with Crippen molar-refractivity contribution in [3.63, 3.8) is 0 Å². The molecule has 3 nitrogen and oxygen atoms in total. The van der Waals surface area contributed by atoms with Gasteiger partial charge >= 0.3 is 0 Å². The molecule has 1 amide bonds. The standard InChI is InChI=1S/C14H20N2O/c1-3-15-13-7-6-11(2)10-12(13)14(17)16-8-4-5-9-16/h6-7,10,15H,3-5,8-9H2,1-2H3. The first-order chi connectivity index (χ1) is 8.22. The molecule has 1 fully saturated rings. The minimum Gasteiger partial charge on any atom is -0.385 e. The van der Waals surface area contributed by atoms with Crippen LogP contribution in [0.1, 0.15) is 35.7 Å². The molecule has 17 heavy (non-hydrogen) atoms. The zero-order chi connectivity index (χ0) is 12.3. The zero-order valence-corrected chi connectivity index (χ0v) is 10.6.